The quantitative estimate of drug-likeness (QED) is 0.360. The van der Waals surface area contributed by atoms with Gasteiger partial charge in [-0.25, -0.2) is 5.43 Å². The molecule has 0 saturated heterocycles. The number of nitrogens with zero attached hydrogens (tertiary/aromatic N) is 1. The summed E-state index contributed by atoms with van der Waals surface area (Å²) in [6.07, 6.45) is 2.10. The molecule has 0 radical (unpaired) electrons. The standard InChI is InChI=1S/C21H24N4O4/c1-3-15(2)23-20(27)21(28)25-22-13-16-8-7-11-18(12-16)29-14-19(26)24-17-9-5-4-6-10-17/h4-13,15H,3,14H2,1-2H3,(H,23,27)(H,24,26)(H,25,28)/b22-13-/t15-/m1/s1. The molecular weight excluding hydrogens is 372 g/mol. The zero-order valence-corrected chi connectivity index (χ0v) is 16.3. The molecule has 8 nitrogen and oxygen atoms in total. The van der Waals surface area contributed by atoms with Crippen molar-refractivity contribution in [2.24, 2.45) is 5.10 Å². The Morgan fingerprint density at radius 3 is 2.55 bits per heavy atom. The average Bonchev–Trinajstić information content (AvgIpc) is 2.73. The van der Waals surface area contributed by atoms with Gasteiger partial charge in [0, 0.05) is 11.7 Å². The van der Waals surface area contributed by atoms with Gasteiger partial charge in [-0.2, -0.15) is 5.10 Å². The highest BCUT2D eigenvalue weighted by atomic mass is 16.5. The lowest BCUT2D eigenvalue weighted by atomic mass is 10.2. The molecule has 2 aromatic carbocycles. The van der Waals surface area contributed by atoms with E-state index in [0.29, 0.717) is 17.0 Å². The first-order valence-corrected chi connectivity index (χ1v) is 9.19. The predicted molar refractivity (Wildman–Crippen MR) is 111 cm³/mol. The van der Waals surface area contributed by atoms with Crippen LogP contribution in [0.4, 0.5) is 5.69 Å². The minimum absolute atomic E-state index is 0.0925. The van der Waals surface area contributed by atoms with Gasteiger partial charge in [-0.15, -0.1) is 0 Å². The van der Waals surface area contributed by atoms with Crippen molar-refractivity contribution in [3.05, 3.63) is 60.2 Å². The van der Waals surface area contributed by atoms with Gasteiger partial charge >= 0.3 is 11.8 Å². The number of para-hydroxylation sites is 1. The first-order valence-electron chi connectivity index (χ1n) is 9.19. The third kappa shape index (κ3) is 7.84. The first kappa shape index (κ1) is 21.6. The summed E-state index contributed by atoms with van der Waals surface area (Å²) in [5.74, 6) is -1.39. The van der Waals surface area contributed by atoms with E-state index in [2.05, 4.69) is 21.2 Å². The number of ether oxygens (including phenoxy) is 1. The molecule has 0 spiro atoms. The van der Waals surface area contributed by atoms with Gasteiger partial charge in [0.05, 0.1) is 6.21 Å². The molecule has 0 aliphatic rings. The fourth-order valence-electron chi connectivity index (χ4n) is 2.16. The lowest BCUT2D eigenvalue weighted by molar-refractivity contribution is -0.139. The largest absolute Gasteiger partial charge is 0.484 e. The molecule has 0 aliphatic heterocycles. The molecular formula is C21H24N4O4. The van der Waals surface area contributed by atoms with Gasteiger partial charge < -0.3 is 15.4 Å². The number of anilines is 1. The molecule has 0 fully saturated rings. The predicted octanol–water partition coefficient (Wildman–Crippen LogP) is 2.07. The number of carbonyl (C=O) groups is 3. The van der Waals surface area contributed by atoms with Crippen molar-refractivity contribution in [3.8, 4) is 5.75 Å². The Hall–Kier alpha value is -3.68. The van der Waals surface area contributed by atoms with Crippen molar-refractivity contribution >= 4 is 29.6 Å². The fraction of sp³-hybridized carbons (Fsp3) is 0.238. The second-order valence-corrected chi connectivity index (χ2v) is 6.26. The summed E-state index contributed by atoms with van der Waals surface area (Å²) in [4.78, 5) is 35.2. The number of amides is 3. The maximum absolute atomic E-state index is 11.9. The molecule has 3 N–H and O–H groups in total. The van der Waals surface area contributed by atoms with Crippen molar-refractivity contribution in [2.75, 3.05) is 11.9 Å². The van der Waals surface area contributed by atoms with E-state index in [1.54, 1.807) is 43.3 Å². The summed E-state index contributed by atoms with van der Waals surface area (Å²) in [6.45, 7) is 3.56. The van der Waals surface area contributed by atoms with Crippen LogP contribution in [0.15, 0.2) is 59.7 Å². The summed E-state index contributed by atoms with van der Waals surface area (Å²) in [6, 6.07) is 15.8. The average molecular weight is 396 g/mol. The number of benzene rings is 2. The molecule has 2 aromatic rings. The highest BCUT2D eigenvalue weighted by Crippen LogP contribution is 2.12. The van der Waals surface area contributed by atoms with E-state index in [9.17, 15) is 14.4 Å². The number of rotatable bonds is 8. The van der Waals surface area contributed by atoms with Crippen LogP contribution in [0.1, 0.15) is 25.8 Å². The van der Waals surface area contributed by atoms with Crippen LogP contribution in [0, 0.1) is 0 Å². The van der Waals surface area contributed by atoms with Gasteiger partial charge in [0.1, 0.15) is 5.75 Å². The van der Waals surface area contributed by atoms with Crippen molar-refractivity contribution in [1.82, 2.24) is 10.7 Å². The van der Waals surface area contributed by atoms with E-state index < -0.39 is 11.8 Å². The lowest BCUT2D eigenvalue weighted by Crippen LogP contribution is -2.41. The van der Waals surface area contributed by atoms with Crippen LogP contribution in [0.2, 0.25) is 0 Å². The van der Waals surface area contributed by atoms with E-state index in [4.69, 9.17) is 4.74 Å². The summed E-state index contributed by atoms with van der Waals surface area (Å²) in [5, 5.41) is 9.04. The van der Waals surface area contributed by atoms with Gasteiger partial charge in [-0.3, -0.25) is 14.4 Å². The molecule has 0 saturated carbocycles. The van der Waals surface area contributed by atoms with Gasteiger partial charge in [0.2, 0.25) is 0 Å². The second-order valence-electron chi connectivity index (χ2n) is 6.26. The molecule has 8 heteroatoms. The fourth-order valence-corrected chi connectivity index (χ4v) is 2.16. The SMILES string of the molecule is CC[C@@H](C)NC(=O)C(=O)N/N=C\c1cccc(OCC(=O)Nc2ccccc2)c1. The van der Waals surface area contributed by atoms with Crippen LogP contribution in [-0.4, -0.2) is 36.6 Å². The van der Waals surface area contributed by atoms with Crippen molar-refractivity contribution < 1.29 is 19.1 Å². The summed E-state index contributed by atoms with van der Waals surface area (Å²) < 4.78 is 5.48. The normalized spacial score (nSPS) is 11.5. The van der Waals surface area contributed by atoms with Gasteiger partial charge in [-0.05, 0) is 43.2 Å². The highest BCUT2D eigenvalue weighted by molar-refractivity contribution is 6.35. The molecule has 2 rings (SSSR count). The Morgan fingerprint density at radius 2 is 1.83 bits per heavy atom. The van der Waals surface area contributed by atoms with Crippen molar-refractivity contribution in [3.63, 3.8) is 0 Å². The zero-order chi connectivity index (χ0) is 21.1. The Labute approximate surface area is 169 Å². The number of hydrazone groups is 1. The summed E-state index contributed by atoms with van der Waals surface area (Å²) in [7, 11) is 0. The number of hydrogen-bond donors (Lipinski definition) is 3. The Morgan fingerprint density at radius 1 is 1.07 bits per heavy atom. The van der Waals surface area contributed by atoms with E-state index >= 15 is 0 Å². The van der Waals surface area contributed by atoms with Crippen LogP contribution >= 0.6 is 0 Å². The maximum Gasteiger partial charge on any atom is 0.329 e. The molecule has 0 bridgehead atoms. The highest BCUT2D eigenvalue weighted by Gasteiger charge is 2.14. The second kappa shape index (κ2) is 11.2. The molecule has 0 heterocycles. The summed E-state index contributed by atoms with van der Waals surface area (Å²) in [5.41, 5.74) is 3.49. The van der Waals surface area contributed by atoms with Crippen molar-refractivity contribution in [2.45, 2.75) is 26.3 Å². The molecule has 3 amide bonds. The first-order chi connectivity index (χ1) is 14.0. The third-order valence-electron chi connectivity index (χ3n) is 3.86. The van der Waals surface area contributed by atoms with E-state index in [0.717, 1.165) is 6.42 Å². The number of nitrogens with one attached hydrogen (secondary N) is 3. The third-order valence-corrected chi connectivity index (χ3v) is 3.86. The number of hydrogen-bond acceptors (Lipinski definition) is 5. The Bertz CT molecular complexity index is 868. The maximum atomic E-state index is 11.9. The molecule has 0 unspecified atom stereocenters. The van der Waals surface area contributed by atoms with E-state index in [1.807, 2.05) is 25.1 Å². The van der Waals surface area contributed by atoms with Gasteiger partial charge in [0.15, 0.2) is 6.61 Å². The molecule has 0 aliphatic carbocycles. The minimum atomic E-state index is -0.841. The minimum Gasteiger partial charge on any atom is -0.484 e. The van der Waals surface area contributed by atoms with Gasteiger partial charge in [0.25, 0.3) is 5.91 Å². The van der Waals surface area contributed by atoms with E-state index in [-0.39, 0.29) is 18.6 Å². The van der Waals surface area contributed by atoms with Crippen LogP contribution in [0.3, 0.4) is 0 Å². The summed E-state index contributed by atoms with van der Waals surface area (Å²) >= 11 is 0. The van der Waals surface area contributed by atoms with Gasteiger partial charge in [-0.1, -0.05) is 37.3 Å². The smallest absolute Gasteiger partial charge is 0.329 e. The van der Waals surface area contributed by atoms with Crippen molar-refractivity contribution in [1.29, 1.82) is 0 Å². The zero-order valence-electron chi connectivity index (χ0n) is 16.3. The number of carbonyl (C=O) groups excluding carboxylic acids is 3. The molecule has 152 valence electrons. The van der Waals surface area contributed by atoms with Crippen LogP contribution in [0.25, 0.3) is 0 Å². The molecule has 0 aromatic heterocycles. The van der Waals surface area contributed by atoms with Crippen LogP contribution in [0.5, 0.6) is 5.75 Å². The Kier molecular flexibility index (Phi) is 8.37. The topological polar surface area (TPSA) is 109 Å². The van der Waals surface area contributed by atoms with Crippen LogP contribution < -0.4 is 20.8 Å². The van der Waals surface area contributed by atoms with E-state index in [1.165, 1.54) is 6.21 Å². The lowest BCUT2D eigenvalue weighted by Gasteiger charge is -2.09. The monoisotopic (exact) mass is 396 g/mol. The Balaban J connectivity index is 1.82. The molecule has 1 atom stereocenters. The van der Waals surface area contributed by atoms with Crippen LogP contribution in [-0.2, 0) is 14.4 Å². The molecule has 29 heavy (non-hydrogen) atoms.